The summed E-state index contributed by atoms with van der Waals surface area (Å²) in [5, 5.41) is 0. The number of rotatable bonds is 3. The Balaban J connectivity index is 2.69. The zero-order chi connectivity index (χ0) is 11.4. The maximum Gasteiger partial charge on any atom is 0.225 e. The summed E-state index contributed by atoms with van der Waals surface area (Å²) < 4.78 is 0. The van der Waals surface area contributed by atoms with E-state index in [9.17, 15) is 4.79 Å². The van der Waals surface area contributed by atoms with E-state index in [0.717, 1.165) is 19.4 Å². The monoisotopic (exact) mass is 212 g/mol. The van der Waals surface area contributed by atoms with Crippen molar-refractivity contribution in [3.8, 4) is 0 Å². The van der Waals surface area contributed by atoms with Crippen molar-refractivity contribution in [3.63, 3.8) is 0 Å². The molecule has 3 atom stereocenters. The van der Waals surface area contributed by atoms with E-state index in [-0.39, 0.29) is 12.0 Å². The predicted octanol–water partition coefficient (Wildman–Crippen LogP) is 1.62. The van der Waals surface area contributed by atoms with Gasteiger partial charge in [0, 0.05) is 25.0 Å². The Morgan fingerprint density at radius 1 is 1.60 bits per heavy atom. The van der Waals surface area contributed by atoms with E-state index in [4.69, 9.17) is 5.73 Å². The third-order valence-electron chi connectivity index (χ3n) is 3.67. The van der Waals surface area contributed by atoms with Gasteiger partial charge in [-0.25, -0.2) is 0 Å². The fourth-order valence-electron chi connectivity index (χ4n) is 2.34. The average molecular weight is 212 g/mol. The van der Waals surface area contributed by atoms with Crippen LogP contribution >= 0.6 is 0 Å². The molecule has 0 saturated carbocycles. The van der Waals surface area contributed by atoms with Crippen LogP contribution in [0.1, 0.15) is 40.0 Å². The number of nitrogens with zero attached hydrogens (tertiary/aromatic N) is 1. The molecular formula is C12H24N2O. The SMILES string of the molecule is CC[C@H](C)C(=O)N1CCC[C@H](C)[C@H]1CN. The molecule has 0 aliphatic carbocycles. The minimum Gasteiger partial charge on any atom is -0.338 e. The molecule has 0 aromatic carbocycles. The van der Waals surface area contributed by atoms with E-state index >= 15 is 0 Å². The summed E-state index contributed by atoms with van der Waals surface area (Å²) in [4.78, 5) is 14.1. The quantitative estimate of drug-likeness (QED) is 0.772. The topological polar surface area (TPSA) is 46.3 Å². The maximum atomic E-state index is 12.1. The molecule has 2 N–H and O–H groups in total. The van der Waals surface area contributed by atoms with Crippen molar-refractivity contribution in [2.45, 2.75) is 46.1 Å². The van der Waals surface area contributed by atoms with Crippen molar-refractivity contribution in [2.24, 2.45) is 17.6 Å². The summed E-state index contributed by atoms with van der Waals surface area (Å²) in [5.74, 6) is 0.987. The van der Waals surface area contributed by atoms with E-state index in [1.54, 1.807) is 0 Å². The van der Waals surface area contributed by atoms with E-state index in [0.29, 0.717) is 18.4 Å². The summed E-state index contributed by atoms with van der Waals surface area (Å²) in [6, 6.07) is 0.264. The lowest BCUT2D eigenvalue weighted by atomic mass is 9.89. The fourth-order valence-corrected chi connectivity index (χ4v) is 2.34. The fraction of sp³-hybridized carbons (Fsp3) is 0.917. The second-order valence-electron chi connectivity index (χ2n) is 4.76. The number of carbonyl (C=O) groups excluding carboxylic acids is 1. The summed E-state index contributed by atoms with van der Waals surface area (Å²) in [6.07, 6.45) is 3.24. The van der Waals surface area contributed by atoms with Crippen molar-refractivity contribution in [2.75, 3.05) is 13.1 Å². The molecule has 0 aromatic rings. The highest BCUT2D eigenvalue weighted by Gasteiger charge is 2.32. The molecule has 3 nitrogen and oxygen atoms in total. The molecule has 1 heterocycles. The maximum absolute atomic E-state index is 12.1. The molecule has 1 aliphatic rings. The van der Waals surface area contributed by atoms with Gasteiger partial charge in [0.05, 0.1) is 0 Å². The average Bonchev–Trinajstić information content (AvgIpc) is 2.26. The number of amides is 1. The van der Waals surface area contributed by atoms with E-state index in [1.807, 2.05) is 11.8 Å². The van der Waals surface area contributed by atoms with Crippen molar-refractivity contribution in [1.82, 2.24) is 4.90 Å². The van der Waals surface area contributed by atoms with E-state index in [2.05, 4.69) is 13.8 Å². The first kappa shape index (κ1) is 12.5. The lowest BCUT2D eigenvalue weighted by molar-refractivity contribution is -0.140. The predicted molar refractivity (Wildman–Crippen MR) is 62.4 cm³/mol. The Bertz CT molecular complexity index is 218. The molecule has 1 aliphatic heterocycles. The van der Waals surface area contributed by atoms with Gasteiger partial charge < -0.3 is 10.6 Å². The number of likely N-dealkylation sites (tertiary alicyclic amines) is 1. The molecule has 0 aromatic heterocycles. The molecule has 3 heteroatoms. The van der Waals surface area contributed by atoms with Gasteiger partial charge >= 0.3 is 0 Å². The molecule has 0 spiro atoms. The molecule has 1 rings (SSSR count). The van der Waals surface area contributed by atoms with Gasteiger partial charge in [0.15, 0.2) is 0 Å². The zero-order valence-corrected chi connectivity index (χ0v) is 10.2. The summed E-state index contributed by atoms with van der Waals surface area (Å²) >= 11 is 0. The normalized spacial score (nSPS) is 28.9. The summed E-state index contributed by atoms with van der Waals surface area (Å²) in [6.45, 7) is 7.77. The van der Waals surface area contributed by atoms with Gasteiger partial charge in [-0.15, -0.1) is 0 Å². The van der Waals surface area contributed by atoms with Crippen LogP contribution in [0.15, 0.2) is 0 Å². The largest absolute Gasteiger partial charge is 0.338 e. The molecule has 0 unspecified atom stereocenters. The highest BCUT2D eigenvalue weighted by molar-refractivity contribution is 5.78. The van der Waals surface area contributed by atoms with Crippen molar-refractivity contribution in [3.05, 3.63) is 0 Å². The van der Waals surface area contributed by atoms with Crippen LogP contribution in [0.5, 0.6) is 0 Å². The Morgan fingerprint density at radius 2 is 2.27 bits per heavy atom. The number of nitrogens with two attached hydrogens (primary N) is 1. The number of hydrogen-bond donors (Lipinski definition) is 1. The molecule has 1 saturated heterocycles. The zero-order valence-electron chi connectivity index (χ0n) is 10.2. The van der Waals surface area contributed by atoms with Crippen LogP contribution in [0.2, 0.25) is 0 Å². The molecule has 0 radical (unpaired) electrons. The molecular weight excluding hydrogens is 188 g/mol. The van der Waals surface area contributed by atoms with Crippen molar-refractivity contribution < 1.29 is 4.79 Å². The second-order valence-corrected chi connectivity index (χ2v) is 4.76. The van der Waals surface area contributed by atoms with E-state index in [1.165, 1.54) is 6.42 Å². The molecule has 15 heavy (non-hydrogen) atoms. The van der Waals surface area contributed by atoms with Gasteiger partial charge in [-0.2, -0.15) is 0 Å². The Kier molecular flexibility index (Phi) is 4.58. The lowest BCUT2D eigenvalue weighted by Gasteiger charge is -2.40. The van der Waals surface area contributed by atoms with Gasteiger partial charge in [0.2, 0.25) is 5.91 Å². The summed E-state index contributed by atoms with van der Waals surface area (Å²) in [5.41, 5.74) is 5.77. The number of hydrogen-bond acceptors (Lipinski definition) is 2. The number of piperidine rings is 1. The van der Waals surface area contributed by atoms with Crippen LogP contribution in [-0.2, 0) is 4.79 Å². The summed E-state index contributed by atoms with van der Waals surface area (Å²) in [7, 11) is 0. The molecule has 0 bridgehead atoms. The van der Waals surface area contributed by atoms with Crippen LogP contribution < -0.4 is 5.73 Å². The van der Waals surface area contributed by atoms with Crippen molar-refractivity contribution in [1.29, 1.82) is 0 Å². The van der Waals surface area contributed by atoms with Crippen LogP contribution in [-0.4, -0.2) is 29.9 Å². The van der Waals surface area contributed by atoms with Crippen LogP contribution in [0.25, 0.3) is 0 Å². The van der Waals surface area contributed by atoms with Gasteiger partial charge in [-0.3, -0.25) is 4.79 Å². The lowest BCUT2D eigenvalue weighted by Crippen LogP contribution is -2.52. The first-order valence-corrected chi connectivity index (χ1v) is 6.12. The smallest absolute Gasteiger partial charge is 0.225 e. The Morgan fingerprint density at radius 3 is 2.80 bits per heavy atom. The van der Waals surface area contributed by atoms with Gasteiger partial charge in [0.1, 0.15) is 0 Å². The molecule has 88 valence electrons. The Hall–Kier alpha value is -0.570. The standard InChI is InChI=1S/C12H24N2O/c1-4-9(2)12(15)14-7-5-6-10(3)11(14)8-13/h9-11H,4-8,13H2,1-3H3/t9-,10-,11+/m0/s1. The van der Waals surface area contributed by atoms with Gasteiger partial charge in [-0.1, -0.05) is 20.8 Å². The molecule has 1 fully saturated rings. The van der Waals surface area contributed by atoms with Gasteiger partial charge in [0.25, 0.3) is 0 Å². The van der Waals surface area contributed by atoms with E-state index < -0.39 is 0 Å². The first-order chi connectivity index (χ1) is 7.11. The first-order valence-electron chi connectivity index (χ1n) is 6.12. The minimum atomic E-state index is 0.143. The third-order valence-corrected chi connectivity index (χ3v) is 3.67. The highest BCUT2D eigenvalue weighted by Crippen LogP contribution is 2.24. The Labute approximate surface area is 93.0 Å². The van der Waals surface area contributed by atoms with Crippen LogP contribution in [0, 0.1) is 11.8 Å². The number of carbonyl (C=O) groups is 1. The van der Waals surface area contributed by atoms with Gasteiger partial charge in [-0.05, 0) is 25.2 Å². The highest BCUT2D eigenvalue weighted by atomic mass is 16.2. The second kappa shape index (κ2) is 5.50. The third kappa shape index (κ3) is 2.71. The minimum absolute atomic E-state index is 0.143. The van der Waals surface area contributed by atoms with Crippen LogP contribution in [0.4, 0.5) is 0 Å². The molecule has 1 amide bonds. The van der Waals surface area contributed by atoms with Crippen LogP contribution in [0.3, 0.4) is 0 Å². The van der Waals surface area contributed by atoms with Crippen molar-refractivity contribution >= 4 is 5.91 Å².